The van der Waals surface area contributed by atoms with E-state index in [9.17, 15) is 4.39 Å². The predicted octanol–water partition coefficient (Wildman–Crippen LogP) is 3.43. The Labute approximate surface area is 126 Å². The largest absolute Gasteiger partial charge is 0.369 e. The van der Waals surface area contributed by atoms with Crippen LogP contribution in [0.25, 0.3) is 11.0 Å². The van der Waals surface area contributed by atoms with E-state index in [0.29, 0.717) is 20.6 Å². The van der Waals surface area contributed by atoms with Crippen molar-refractivity contribution in [2.45, 2.75) is 13.0 Å². The quantitative estimate of drug-likeness (QED) is 0.685. The van der Waals surface area contributed by atoms with E-state index in [4.69, 9.17) is 5.73 Å². The van der Waals surface area contributed by atoms with Gasteiger partial charge in [0.2, 0.25) is 5.95 Å². The van der Waals surface area contributed by atoms with Gasteiger partial charge >= 0.3 is 0 Å². The Morgan fingerprint density at radius 3 is 2.95 bits per heavy atom. The van der Waals surface area contributed by atoms with Crippen molar-refractivity contribution in [1.29, 1.82) is 0 Å². The summed E-state index contributed by atoms with van der Waals surface area (Å²) in [6.07, 6.45) is 1.75. The lowest BCUT2D eigenvalue weighted by atomic mass is 10.2. The fourth-order valence-electron chi connectivity index (χ4n) is 2.07. The molecule has 3 rings (SSSR count). The molecule has 2 heterocycles. The van der Waals surface area contributed by atoms with Crippen LogP contribution in [0, 0.1) is 9.39 Å². The highest BCUT2D eigenvalue weighted by molar-refractivity contribution is 14.1. The molecule has 0 bridgehead atoms. The molecule has 0 radical (unpaired) electrons. The number of nitrogens with zero attached hydrogens (tertiary/aromatic N) is 3. The zero-order chi connectivity index (χ0) is 13.6. The number of nitrogen functional groups attached to an aromatic ring is 1. The number of thiazole rings is 1. The molecule has 0 spiro atoms. The fraction of sp³-hybridized carbons (Fsp3) is 0.167. The summed E-state index contributed by atoms with van der Waals surface area (Å²) in [7, 11) is 0. The summed E-state index contributed by atoms with van der Waals surface area (Å²) in [6.45, 7) is 1.98. The minimum absolute atomic E-state index is 0.0653. The number of rotatable bonds is 2. The minimum Gasteiger partial charge on any atom is -0.369 e. The number of fused-ring (bicyclic) bond motifs is 1. The number of hydrogen-bond acceptors (Lipinski definition) is 4. The molecule has 0 aliphatic heterocycles. The predicted molar refractivity (Wildman–Crippen MR) is 82.7 cm³/mol. The van der Waals surface area contributed by atoms with Gasteiger partial charge in [0.25, 0.3) is 0 Å². The summed E-state index contributed by atoms with van der Waals surface area (Å²) in [5.41, 5.74) is 7.36. The molecule has 7 heteroatoms. The summed E-state index contributed by atoms with van der Waals surface area (Å²) in [5, 5.41) is 2.83. The maximum atomic E-state index is 13.7. The van der Waals surface area contributed by atoms with E-state index >= 15 is 0 Å². The lowest BCUT2D eigenvalue weighted by molar-refractivity contribution is 0.618. The van der Waals surface area contributed by atoms with E-state index in [1.54, 1.807) is 23.6 Å². The van der Waals surface area contributed by atoms with Crippen LogP contribution in [-0.2, 0) is 0 Å². The van der Waals surface area contributed by atoms with Crippen LogP contribution in [-0.4, -0.2) is 14.5 Å². The third-order valence-electron chi connectivity index (χ3n) is 2.95. The highest BCUT2D eigenvalue weighted by atomic mass is 127. The summed E-state index contributed by atoms with van der Waals surface area (Å²) < 4.78 is 16.1. The number of aromatic nitrogens is 3. The van der Waals surface area contributed by atoms with Crippen molar-refractivity contribution in [1.82, 2.24) is 14.5 Å². The minimum atomic E-state index is -0.263. The number of halogens is 2. The summed E-state index contributed by atoms with van der Waals surface area (Å²) in [5.74, 6) is 0.111. The van der Waals surface area contributed by atoms with Gasteiger partial charge in [-0.15, -0.1) is 11.3 Å². The van der Waals surface area contributed by atoms with Crippen LogP contribution in [0.15, 0.2) is 23.7 Å². The van der Waals surface area contributed by atoms with Crippen LogP contribution < -0.4 is 5.73 Å². The van der Waals surface area contributed by atoms with Gasteiger partial charge in [-0.1, -0.05) is 0 Å². The number of anilines is 1. The molecule has 19 heavy (non-hydrogen) atoms. The maximum absolute atomic E-state index is 13.7. The second kappa shape index (κ2) is 4.71. The first-order chi connectivity index (χ1) is 9.08. The van der Waals surface area contributed by atoms with Crippen molar-refractivity contribution >= 4 is 50.9 Å². The van der Waals surface area contributed by atoms with Crippen LogP contribution in [0.2, 0.25) is 0 Å². The average molecular weight is 388 g/mol. The van der Waals surface area contributed by atoms with Gasteiger partial charge in [0.05, 0.1) is 20.6 Å². The van der Waals surface area contributed by atoms with E-state index in [-0.39, 0.29) is 11.9 Å². The number of benzene rings is 1. The summed E-state index contributed by atoms with van der Waals surface area (Å²) >= 11 is 3.49. The van der Waals surface area contributed by atoms with Crippen LogP contribution in [0.4, 0.5) is 10.3 Å². The molecule has 0 saturated carbocycles. The SMILES string of the molecule is CC(c1nccs1)n1c(N)nc2cc(I)c(F)cc21. The van der Waals surface area contributed by atoms with Crippen LogP contribution >= 0.6 is 33.9 Å². The van der Waals surface area contributed by atoms with Gasteiger partial charge in [0.15, 0.2) is 0 Å². The van der Waals surface area contributed by atoms with E-state index in [1.165, 1.54) is 6.07 Å². The number of imidazole rings is 1. The van der Waals surface area contributed by atoms with Crippen molar-refractivity contribution in [2.24, 2.45) is 0 Å². The monoisotopic (exact) mass is 388 g/mol. The standard InChI is InChI=1S/C12H10FIN4S/c1-6(11-16-2-3-19-11)18-10-4-7(13)8(14)5-9(10)17-12(18)15/h2-6H,1H3,(H2,15,17). The van der Waals surface area contributed by atoms with Crippen molar-refractivity contribution in [3.63, 3.8) is 0 Å². The molecule has 3 aromatic rings. The molecule has 1 atom stereocenters. The maximum Gasteiger partial charge on any atom is 0.201 e. The van der Waals surface area contributed by atoms with E-state index < -0.39 is 0 Å². The fourth-order valence-corrected chi connectivity index (χ4v) is 3.20. The van der Waals surface area contributed by atoms with Crippen LogP contribution in [0.5, 0.6) is 0 Å². The van der Waals surface area contributed by atoms with Crippen molar-refractivity contribution in [2.75, 3.05) is 5.73 Å². The molecule has 98 valence electrons. The lowest BCUT2D eigenvalue weighted by Gasteiger charge is -2.13. The van der Waals surface area contributed by atoms with Crippen molar-refractivity contribution in [3.8, 4) is 0 Å². The number of nitrogens with two attached hydrogens (primary N) is 1. The van der Waals surface area contributed by atoms with Gasteiger partial charge < -0.3 is 10.3 Å². The highest BCUT2D eigenvalue weighted by Crippen LogP contribution is 2.29. The molecule has 1 aromatic carbocycles. The van der Waals surface area contributed by atoms with Gasteiger partial charge in [0, 0.05) is 17.6 Å². The smallest absolute Gasteiger partial charge is 0.201 e. The van der Waals surface area contributed by atoms with Gasteiger partial charge in [0.1, 0.15) is 10.8 Å². The van der Waals surface area contributed by atoms with Crippen LogP contribution in [0.1, 0.15) is 18.0 Å². The molecule has 0 aliphatic carbocycles. The molecule has 0 aliphatic rings. The molecule has 2 N–H and O–H groups in total. The van der Waals surface area contributed by atoms with E-state index in [0.717, 1.165) is 5.01 Å². The van der Waals surface area contributed by atoms with E-state index in [2.05, 4.69) is 9.97 Å². The van der Waals surface area contributed by atoms with Gasteiger partial charge in [-0.25, -0.2) is 14.4 Å². The zero-order valence-electron chi connectivity index (χ0n) is 9.97. The molecule has 0 amide bonds. The van der Waals surface area contributed by atoms with Gasteiger partial charge in [-0.2, -0.15) is 0 Å². The average Bonchev–Trinajstić information content (AvgIpc) is 2.97. The Bertz CT molecular complexity index is 738. The van der Waals surface area contributed by atoms with Gasteiger partial charge in [-0.3, -0.25) is 0 Å². The Morgan fingerprint density at radius 2 is 2.26 bits per heavy atom. The van der Waals surface area contributed by atoms with E-state index in [1.807, 2.05) is 39.5 Å². The number of hydrogen-bond donors (Lipinski definition) is 1. The second-order valence-electron chi connectivity index (χ2n) is 4.14. The first-order valence-electron chi connectivity index (χ1n) is 5.59. The highest BCUT2D eigenvalue weighted by Gasteiger charge is 2.18. The Balaban J connectivity index is 2.23. The Hall–Kier alpha value is -1.22. The zero-order valence-corrected chi connectivity index (χ0v) is 12.9. The lowest BCUT2D eigenvalue weighted by Crippen LogP contribution is -2.10. The molecule has 0 fully saturated rings. The normalized spacial score (nSPS) is 13.0. The first-order valence-corrected chi connectivity index (χ1v) is 7.55. The van der Waals surface area contributed by atoms with Gasteiger partial charge in [-0.05, 0) is 35.6 Å². The van der Waals surface area contributed by atoms with Crippen LogP contribution in [0.3, 0.4) is 0 Å². The Morgan fingerprint density at radius 1 is 1.47 bits per heavy atom. The first kappa shape index (κ1) is 12.8. The summed E-state index contributed by atoms with van der Waals surface area (Å²) in [6, 6.07) is 3.11. The molecular formula is C12H10FIN4S. The topological polar surface area (TPSA) is 56.7 Å². The molecular weight excluding hydrogens is 378 g/mol. The Kier molecular flexibility index (Phi) is 3.17. The second-order valence-corrected chi connectivity index (χ2v) is 6.23. The van der Waals surface area contributed by atoms with Crippen molar-refractivity contribution in [3.05, 3.63) is 38.1 Å². The molecule has 4 nitrogen and oxygen atoms in total. The molecule has 0 saturated heterocycles. The van der Waals surface area contributed by atoms with Crippen molar-refractivity contribution < 1.29 is 4.39 Å². The summed E-state index contributed by atoms with van der Waals surface area (Å²) in [4.78, 5) is 8.57. The third-order valence-corrected chi connectivity index (χ3v) is 4.73. The molecule has 2 aromatic heterocycles. The molecule has 1 unspecified atom stereocenters. The third kappa shape index (κ3) is 2.10.